The third kappa shape index (κ3) is 2.87. The molecule has 6 heteroatoms. The van der Waals surface area contributed by atoms with Gasteiger partial charge in [0, 0.05) is 19.3 Å². The molecule has 1 aliphatic rings. The molecule has 17 heavy (non-hydrogen) atoms. The van der Waals surface area contributed by atoms with Gasteiger partial charge in [0.2, 0.25) is 0 Å². The van der Waals surface area contributed by atoms with Crippen LogP contribution >= 0.6 is 0 Å². The van der Waals surface area contributed by atoms with Gasteiger partial charge in [-0.2, -0.15) is 13.2 Å². The van der Waals surface area contributed by atoms with E-state index in [2.05, 4.69) is 4.98 Å². The van der Waals surface area contributed by atoms with E-state index in [9.17, 15) is 17.6 Å². The molecule has 1 saturated heterocycles. The molecule has 2 rings (SSSR count). The maximum absolute atomic E-state index is 12.9. The van der Waals surface area contributed by atoms with Crippen LogP contribution in [0.4, 0.5) is 23.4 Å². The summed E-state index contributed by atoms with van der Waals surface area (Å²) in [6.07, 6.45) is -3.54. The SMILES string of the molecule is FC1CCN(c2ccc(C(F)(F)F)cn2)CC1. The van der Waals surface area contributed by atoms with Crippen LogP contribution in [0.1, 0.15) is 18.4 Å². The van der Waals surface area contributed by atoms with Crippen LogP contribution in [0, 0.1) is 0 Å². The molecule has 2 heterocycles. The van der Waals surface area contributed by atoms with Gasteiger partial charge in [0.25, 0.3) is 0 Å². The van der Waals surface area contributed by atoms with Crippen LogP contribution in [0.5, 0.6) is 0 Å². The summed E-state index contributed by atoms with van der Waals surface area (Å²) in [6.45, 7) is 0.999. The number of rotatable bonds is 1. The largest absolute Gasteiger partial charge is 0.417 e. The predicted octanol–water partition coefficient (Wildman–Crippen LogP) is 3.04. The molecule has 1 aromatic rings. The topological polar surface area (TPSA) is 16.1 Å². The van der Waals surface area contributed by atoms with Gasteiger partial charge in [-0.05, 0) is 25.0 Å². The van der Waals surface area contributed by atoms with Crippen LogP contribution in [0.25, 0.3) is 0 Å². The van der Waals surface area contributed by atoms with Crippen molar-refractivity contribution in [3.8, 4) is 0 Å². The molecular formula is C11H12F4N2. The number of halogens is 4. The van der Waals surface area contributed by atoms with E-state index >= 15 is 0 Å². The molecule has 0 aromatic carbocycles. The Morgan fingerprint density at radius 1 is 1.18 bits per heavy atom. The zero-order valence-corrected chi connectivity index (χ0v) is 9.04. The predicted molar refractivity (Wildman–Crippen MR) is 55.6 cm³/mol. The Bertz CT molecular complexity index is 366. The zero-order valence-electron chi connectivity index (χ0n) is 9.04. The highest BCUT2D eigenvalue weighted by Crippen LogP contribution is 2.29. The molecule has 0 spiro atoms. The lowest BCUT2D eigenvalue weighted by molar-refractivity contribution is -0.137. The minimum atomic E-state index is -4.36. The van der Waals surface area contributed by atoms with Crippen molar-refractivity contribution >= 4 is 5.82 Å². The third-order valence-electron chi connectivity index (χ3n) is 2.82. The summed E-state index contributed by atoms with van der Waals surface area (Å²) in [7, 11) is 0. The van der Waals surface area contributed by atoms with Crippen molar-refractivity contribution in [2.24, 2.45) is 0 Å². The summed E-state index contributed by atoms with van der Waals surface area (Å²) in [4.78, 5) is 5.58. The quantitative estimate of drug-likeness (QED) is 0.710. The first-order valence-electron chi connectivity index (χ1n) is 5.39. The van der Waals surface area contributed by atoms with Crippen molar-refractivity contribution in [1.82, 2.24) is 4.98 Å². The van der Waals surface area contributed by atoms with E-state index in [4.69, 9.17) is 0 Å². The number of piperidine rings is 1. The van der Waals surface area contributed by atoms with Gasteiger partial charge in [-0.3, -0.25) is 0 Å². The average Bonchev–Trinajstić information content (AvgIpc) is 2.29. The molecule has 0 unspecified atom stereocenters. The lowest BCUT2D eigenvalue weighted by Gasteiger charge is -2.29. The second-order valence-electron chi connectivity index (χ2n) is 4.06. The standard InChI is InChI=1S/C11H12F4N2/c12-9-3-5-17(6-4-9)10-2-1-8(7-16-10)11(13,14)15/h1-2,7,9H,3-6H2. The van der Waals surface area contributed by atoms with Crippen LogP contribution < -0.4 is 4.90 Å². The third-order valence-corrected chi connectivity index (χ3v) is 2.82. The molecule has 0 bridgehead atoms. The lowest BCUT2D eigenvalue weighted by Crippen LogP contribution is -2.34. The first-order valence-corrected chi connectivity index (χ1v) is 5.39. The Morgan fingerprint density at radius 2 is 1.82 bits per heavy atom. The van der Waals surface area contributed by atoms with E-state index in [1.165, 1.54) is 6.07 Å². The lowest BCUT2D eigenvalue weighted by atomic mass is 10.1. The van der Waals surface area contributed by atoms with Crippen LogP contribution in [0.2, 0.25) is 0 Å². The number of hydrogen-bond acceptors (Lipinski definition) is 2. The first-order chi connectivity index (χ1) is 7.97. The molecule has 0 radical (unpaired) electrons. The normalized spacial score (nSPS) is 18.5. The van der Waals surface area contributed by atoms with Crippen molar-refractivity contribution < 1.29 is 17.6 Å². The zero-order chi connectivity index (χ0) is 12.5. The average molecular weight is 248 g/mol. The Labute approximate surface area is 96.3 Å². The number of aromatic nitrogens is 1. The molecule has 1 aromatic heterocycles. The van der Waals surface area contributed by atoms with E-state index < -0.39 is 17.9 Å². The first kappa shape index (κ1) is 12.1. The fourth-order valence-electron chi connectivity index (χ4n) is 1.82. The minimum Gasteiger partial charge on any atom is -0.356 e. The van der Waals surface area contributed by atoms with Gasteiger partial charge < -0.3 is 4.90 Å². The monoisotopic (exact) mass is 248 g/mol. The van der Waals surface area contributed by atoms with E-state index in [1.54, 1.807) is 4.90 Å². The van der Waals surface area contributed by atoms with Crippen LogP contribution in [0.15, 0.2) is 18.3 Å². The summed E-state index contributed by atoms with van der Waals surface area (Å²) in [5.41, 5.74) is -0.762. The number of pyridine rings is 1. The van der Waals surface area contributed by atoms with E-state index in [0.717, 1.165) is 12.3 Å². The van der Waals surface area contributed by atoms with Gasteiger partial charge in [-0.15, -0.1) is 0 Å². The molecule has 94 valence electrons. The Balaban J connectivity index is 2.08. The summed E-state index contributed by atoms with van der Waals surface area (Å²) in [6, 6.07) is 2.34. The molecular weight excluding hydrogens is 236 g/mol. The van der Waals surface area contributed by atoms with Gasteiger partial charge in [0.05, 0.1) is 5.56 Å². The smallest absolute Gasteiger partial charge is 0.356 e. The number of alkyl halides is 4. The van der Waals surface area contributed by atoms with E-state index in [1.807, 2.05) is 0 Å². The highest BCUT2D eigenvalue weighted by Gasteiger charge is 2.31. The highest BCUT2D eigenvalue weighted by molar-refractivity contribution is 5.40. The Kier molecular flexibility index (Phi) is 3.22. The maximum Gasteiger partial charge on any atom is 0.417 e. The molecule has 0 N–H and O–H groups in total. The van der Waals surface area contributed by atoms with Gasteiger partial charge in [0.1, 0.15) is 12.0 Å². The van der Waals surface area contributed by atoms with Gasteiger partial charge in [-0.1, -0.05) is 0 Å². The van der Waals surface area contributed by atoms with Crippen molar-refractivity contribution in [3.05, 3.63) is 23.9 Å². The Morgan fingerprint density at radius 3 is 2.29 bits per heavy atom. The van der Waals surface area contributed by atoms with Crippen LogP contribution in [-0.4, -0.2) is 24.2 Å². The fourth-order valence-corrected chi connectivity index (χ4v) is 1.82. The van der Waals surface area contributed by atoms with Crippen molar-refractivity contribution in [2.45, 2.75) is 25.2 Å². The second kappa shape index (κ2) is 4.50. The highest BCUT2D eigenvalue weighted by atomic mass is 19.4. The van der Waals surface area contributed by atoms with Crippen molar-refractivity contribution in [1.29, 1.82) is 0 Å². The minimum absolute atomic E-state index is 0.405. The molecule has 2 nitrogen and oxygen atoms in total. The Hall–Kier alpha value is -1.33. The molecule has 1 aliphatic heterocycles. The number of nitrogens with zero attached hydrogens (tertiary/aromatic N) is 2. The van der Waals surface area contributed by atoms with Crippen LogP contribution in [-0.2, 0) is 6.18 Å². The van der Waals surface area contributed by atoms with E-state index in [-0.39, 0.29) is 0 Å². The molecule has 0 aliphatic carbocycles. The second-order valence-corrected chi connectivity index (χ2v) is 4.06. The molecule has 0 saturated carbocycles. The van der Waals surface area contributed by atoms with Crippen molar-refractivity contribution in [3.63, 3.8) is 0 Å². The maximum atomic E-state index is 12.9. The van der Waals surface area contributed by atoms with E-state index in [0.29, 0.717) is 31.7 Å². The summed E-state index contributed by atoms with van der Waals surface area (Å²) in [5.74, 6) is 0.477. The molecule has 0 atom stereocenters. The van der Waals surface area contributed by atoms with Crippen molar-refractivity contribution in [2.75, 3.05) is 18.0 Å². The van der Waals surface area contributed by atoms with Gasteiger partial charge in [0.15, 0.2) is 0 Å². The summed E-state index contributed by atoms with van der Waals surface area (Å²) < 4.78 is 49.8. The van der Waals surface area contributed by atoms with Gasteiger partial charge >= 0.3 is 6.18 Å². The fraction of sp³-hybridized carbons (Fsp3) is 0.545. The molecule has 0 amide bonds. The summed E-state index contributed by atoms with van der Waals surface area (Å²) >= 11 is 0. The summed E-state index contributed by atoms with van der Waals surface area (Å²) in [5, 5.41) is 0. The molecule has 1 fully saturated rings. The number of anilines is 1. The van der Waals surface area contributed by atoms with Gasteiger partial charge in [-0.25, -0.2) is 9.37 Å². The number of hydrogen-bond donors (Lipinski definition) is 0. The van der Waals surface area contributed by atoms with Crippen LogP contribution in [0.3, 0.4) is 0 Å².